The smallest absolute Gasteiger partial charge is 0.322 e. The summed E-state index contributed by atoms with van der Waals surface area (Å²) in [7, 11) is 0. The van der Waals surface area contributed by atoms with Crippen LogP contribution >= 0.6 is 0 Å². The van der Waals surface area contributed by atoms with Gasteiger partial charge in [0.25, 0.3) is 11.8 Å². The van der Waals surface area contributed by atoms with Crippen molar-refractivity contribution in [3.05, 3.63) is 59.2 Å². The van der Waals surface area contributed by atoms with Crippen LogP contribution in [0.1, 0.15) is 23.6 Å². The van der Waals surface area contributed by atoms with E-state index in [0.29, 0.717) is 17.0 Å². The van der Waals surface area contributed by atoms with Gasteiger partial charge in [0.15, 0.2) is 6.61 Å². The number of carbonyl (C=O) groups is 3. The number of nitrogens with one attached hydrogen (secondary N) is 3. The largest absolute Gasteiger partial charge is 0.484 e. The third-order valence-electron chi connectivity index (χ3n) is 4.33. The Morgan fingerprint density at radius 3 is 2.44 bits per heavy atom. The van der Waals surface area contributed by atoms with E-state index in [9.17, 15) is 14.4 Å². The number of aryl methyl sites for hydroxylation is 2. The zero-order valence-electron chi connectivity index (χ0n) is 15.4. The van der Waals surface area contributed by atoms with Crippen LogP contribution in [0.5, 0.6) is 5.75 Å². The fourth-order valence-electron chi connectivity index (χ4n) is 3.02. The van der Waals surface area contributed by atoms with Crippen molar-refractivity contribution in [1.82, 2.24) is 10.6 Å². The second kappa shape index (κ2) is 7.11. The maximum atomic E-state index is 12.2. The normalized spacial score (nSPS) is 18.6. The van der Waals surface area contributed by atoms with E-state index in [1.54, 1.807) is 31.2 Å². The number of amides is 4. The van der Waals surface area contributed by atoms with Crippen molar-refractivity contribution in [2.24, 2.45) is 0 Å². The third-order valence-corrected chi connectivity index (χ3v) is 4.33. The first kappa shape index (κ1) is 18.4. The average Bonchev–Trinajstić information content (AvgIpc) is 2.86. The summed E-state index contributed by atoms with van der Waals surface area (Å²) < 4.78 is 5.55. The number of hydrogen-bond acceptors (Lipinski definition) is 4. The SMILES string of the molecule is Cc1cc(C)cc(OCC(=O)Nc2cccc(C3(C)NC(=O)NC3=O)c2)c1. The van der Waals surface area contributed by atoms with E-state index in [1.165, 1.54) is 0 Å². The molecule has 7 nitrogen and oxygen atoms in total. The number of benzene rings is 2. The minimum atomic E-state index is -1.17. The van der Waals surface area contributed by atoms with Crippen molar-refractivity contribution >= 4 is 23.5 Å². The number of carbonyl (C=O) groups excluding carboxylic acids is 3. The molecule has 0 radical (unpaired) electrons. The highest BCUT2D eigenvalue weighted by atomic mass is 16.5. The molecular formula is C20H21N3O4. The van der Waals surface area contributed by atoms with Gasteiger partial charge in [-0.15, -0.1) is 0 Å². The maximum Gasteiger partial charge on any atom is 0.322 e. The van der Waals surface area contributed by atoms with E-state index in [4.69, 9.17) is 4.74 Å². The van der Waals surface area contributed by atoms with Crippen LogP contribution < -0.4 is 20.7 Å². The number of ether oxygens (including phenoxy) is 1. The summed E-state index contributed by atoms with van der Waals surface area (Å²) in [5, 5.41) is 7.55. The van der Waals surface area contributed by atoms with E-state index in [0.717, 1.165) is 11.1 Å². The summed E-state index contributed by atoms with van der Waals surface area (Å²) >= 11 is 0. The first-order valence-corrected chi connectivity index (χ1v) is 8.51. The molecule has 3 rings (SSSR count). The monoisotopic (exact) mass is 367 g/mol. The molecule has 2 aromatic carbocycles. The molecule has 0 bridgehead atoms. The molecule has 7 heteroatoms. The molecule has 4 amide bonds. The average molecular weight is 367 g/mol. The minimum Gasteiger partial charge on any atom is -0.484 e. The van der Waals surface area contributed by atoms with Crippen LogP contribution in [-0.4, -0.2) is 24.5 Å². The summed E-state index contributed by atoms with van der Waals surface area (Å²) in [6.07, 6.45) is 0. The Bertz CT molecular complexity index is 905. The number of urea groups is 1. The second-order valence-electron chi connectivity index (χ2n) is 6.77. The van der Waals surface area contributed by atoms with E-state index < -0.39 is 17.5 Å². The maximum absolute atomic E-state index is 12.2. The second-order valence-corrected chi connectivity index (χ2v) is 6.77. The highest BCUT2D eigenvalue weighted by Gasteiger charge is 2.43. The topological polar surface area (TPSA) is 96.5 Å². The van der Waals surface area contributed by atoms with Crippen LogP contribution in [0.15, 0.2) is 42.5 Å². The fourth-order valence-corrected chi connectivity index (χ4v) is 3.02. The van der Waals surface area contributed by atoms with Gasteiger partial charge in [-0.2, -0.15) is 0 Å². The Balaban J connectivity index is 1.66. The van der Waals surface area contributed by atoms with E-state index in [1.807, 2.05) is 32.0 Å². The van der Waals surface area contributed by atoms with Crippen LogP contribution in [0.4, 0.5) is 10.5 Å². The molecule has 3 N–H and O–H groups in total. The minimum absolute atomic E-state index is 0.137. The van der Waals surface area contributed by atoms with Gasteiger partial charge in [-0.1, -0.05) is 18.2 Å². The Hall–Kier alpha value is -3.35. The van der Waals surface area contributed by atoms with Gasteiger partial charge in [0.2, 0.25) is 0 Å². The van der Waals surface area contributed by atoms with Crippen LogP contribution in [0.2, 0.25) is 0 Å². The van der Waals surface area contributed by atoms with Gasteiger partial charge in [0, 0.05) is 5.69 Å². The summed E-state index contributed by atoms with van der Waals surface area (Å²) in [4.78, 5) is 35.7. The van der Waals surface area contributed by atoms with E-state index >= 15 is 0 Å². The lowest BCUT2D eigenvalue weighted by molar-refractivity contribution is -0.123. The standard InChI is InChI=1S/C20H21N3O4/c1-12-7-13(2)9-16(8-12)27-11-17(24)21-15-6-4-5-14(10-15)20(3)18(25)22-19(26)23-20/h4-10H,11H2,1-3H3,(H,21,24)(H2,22,23,25,26). The number of hydrogen-bond donors (Lipinski definition) is 3. The van der Waals surface area contributed by atoms with Crippen LogP contribution in [0, 0.1) is 13.8 Å². The molecule has 1 aliphatic heterocycles. The van der Waals surface area contributed by atoms with E-state index in [2.05, 4.69) is 16.0 Å². The Morgan fingerprint density at radius 1 is 1.11 bits per heavy atom. The molecule has 1 atom stereocenters. The third kappa shape index (κ3) is 4.08. The summed E-state index contributed by atoms with van der Waals surface area (Å²) in [6.45, 7) is 5.40. The molecule has 2 aromatic rings. The van der Waals surface area contributed by atoms with Gasteiger partial charge >= 0.3 is 6.03 Å². The molecule has 27 heavy (non-hydrogen) atoms. The molecule has 1 fully saturated rings. The van der Waals surface area contributed by atoms with Crippen molar-refractivity contribution in [3.63, 3.8) is 0 Å². The molecule has 140 valence electrons. The zero-order chi connectivity index (χ0) is 19.6. The van der Waals surface area contributed by atoms with Crippen molar-refractivity contribution in [3.8, 4) is 5.75 Å². The molecule has 0 aliphatic carbocycles. The van der Waals surface area contributed by atoms with Crippen LogP contribution in [-0.2, 0) is 15.1 Å². The van der Waals surface area contributed by atoms with Gasteiger partial charge in [-0.25, -0.2) is 4.79 Å². The molecular weight excluding hydrogens is 346 g/mol. The van der Waals surface area contributed by atoms with Gasteiger partial charge in [0.1, 0.15) is 11.3 Å². The molecule has 1 unspecified atom stereocenters. The van der Waals surface area contributed by atoms with Crippen molar-refractivity contribution in [2.45, 2.75) is 26.3 Å². The van der Waals surface area contributed by atoms with Crippen LogP contribution in [0.3, 0.4) is 0 Å². The fraction of sp³-hybridized carbons (Fsp3) is 0.250. The highest BCUT2D eigenvalue weighted by Crippen LogP contribution is 2.26. The summed E-state index contributed by atoms with van der Waals surface area (Å²) in [5.41, 5.74) is 2.02. The zero-order valence-corrected chi connectivity index (χ0v) is 15.4. The number of anilines is 1. The van der Waals surface area contributed by atoms with Crippen molar-refractivity contribution in [2.75, 3.05) is 11.9 Å². The first-order chi connectivity index (χ1) is 12.8. The Labute approximate surface area is 157 Å². The van der Waals surface area contributed by atoms with Gasteiger partial charge < -0.3 is 15.4 Å². The van der Waals surface area contributed by atoms with E-state index in [-0.39, 0.29) is 12.5 Å². The Kier molecular flexibility index (Phi) is 4.85. The van der Waals surface area contributed by atoms with Crippen molar-refractivity contribution < 1.29 is 19.1 Å². The predicted molar refractivity (Wildman–Crippen MR) is 101 cm³/mol. The molecule has 1 heterocycles. The lowest BCUT2D eigenvalue weighted by Crippen LogP contribution is -2.40. The lowest BCUT2D eigenvalue weighted by atomic mass is 9.92. The number of rotatable bonds is 5. The lowest BCUT2D eigenvalue weighted by Gasteiger charge is -2.21. The molecule has 0 saturated carbocycles. The summed E-state index contributed by atoms with van der Waals surface area (Å²) in [6, 6.07) is 12.0. The molecule has 0 aromatic heterocycles. The Morgan fingerprint density at radius 2 is 1.81 bits per heavy atom. The number of imide groups is 1. The van der Waals surface area contributed by atoms with Gasteiger partial charge in [0.05, 0.1) is 0 Å². The predicted octanol–water partition coefficient (Wildman–Crippen LogP) is 2.38. The quantitative estimate of drug-likeness (QED) is 0.707. The molecule has 1 aliphatic rings. The first-order valence-electron chi connectivity index (χ1n) is 8.51. The highest BCUT2D eigenvalue weighted by molar-refractivity contribution is 6.07. The molecule has 1 saturated heterocycles. The van der Waals surface area contributed by atoms with Gasteiger partial charge in [-0.3, -0.25) is 14.9 Å². The summed E-state index contributed by atoms with van der Waals surface area (Å²) in [5.74, 6) is -0.125. The molecule has 0 spiro atoms. The van der Waals surface area contributed by atoms with Crippen LogP contribution in [0.25, 0.3) is 0 Å². The van der Waals surface area contributed by atoms with Crippen molar-refractivity contribution in [1.29, 1.82) is 0 Å². The van der Waals surface area contributed by atoms with Gasteiger partial charge in [-0.05, 0) is 61.7 Å².